The molecule has 0 N–H and O–H groups in total. The number of nitrogens with zero attached hydrogens (tertiary/aromatic N) is 4. The van der Waals surface area contributed by atoms with Crippen molar-refractivity contribution in [3.05, 3.63) is 78.8 Å². The van der Waals surface area contributed by atoms with Crippen LogP contribution in [0.1, 0.15) is 17.9 Å². The molecule has 29 heavy (non-hydrogen) atoms. The largest absolute Gasteiger partial charge is 0.365 e. The molecular formula is C24H24N4O. The summed E-state index contributed by atoms with van der Waals surface area (Å²) in [5.74, 6) is 0.865. The molecule has 1 aromatic heterocycles. The highest BCUT2D eigenvalue weighted by Gasteiger charge is 2.46. The predicted octanol–water partition coefficient (Wildman–Crippen LogP) is 3.60. The Morgan fingerprint density at radius 1 is 0.897 bits per heavy atom. The van der Waals surface area contributed by atoms with Crippen molar-refractivity contribution < 1.29 is 4.79 Å². The second kappa shape index (κ2) is 7.66. The molecule has 0 unspecified atom stereocenters. The molecule has 5 nitrogen and oxygen atoms in total. The number of benzene rings is 2. The molecule has 2 fully saturated rings. The van der Waals surface area contributed by atoms with Crippen molar-refractivity contribution in [2.75, 3.05) is 31.1 Å². The van der Waals surface area contributed by atoms with Gasteiger partial charge in [-0.2, -0.15) is 0 Å². The van der Waals surface area contributed by atoms with Gasteiger partial charge in [0, 0.05) is 37.7 Å². The Hall–Kier alpha value is -3.21. The summed E-state index contributed by atoms with van der Waals surface area (Å²) in [7, 11) is 0. The van der Waals surface area contributed by atoms with Crippen LogP contribution in [0.25, 0.3) is 11.3 Å². The first-order valence-corrected chi connectivity index (χ1v) is 10.3. The Bertz CT molecular complexity index is 984. The van der Waals surface area contributed by atoms with Crippen LogP contribution in [0.4, 0.5) is 5.69 Å². The smallest absolute Gasteiger partial charge is 0.226 e. The van der Waals surface area contributed by atoms with Gasteiger partial charge in [-0.3, -0.25) is 4.79 Å². The fourth-order valence-electron chi connectivity index (χ4n) is 4.31. The van der Waals surface area contributed by atoms with Gasteiger partial charge in [-0.15, -0.1) is 0 Å². The monoisotopic (exact) mass is 384 g/mol. The maximum atomic E-state index is 13.0. The molecular weight excluding hydrogens is 360 g/mol. The molecule has 1 amide bonds. The topological polar surface area (TPSA) is 49.3 Å². The number of rotatable bonds is 4. The number of carbonyl (C=O) groups excluding carboxylic acids is 1. The van der Waals surface area contributed by atoms with Gasteiger partial charge in [-0.25, -0.2) is 9.97 Å². The summed E-state index contributed by atoms with van der Waals surface area (Å²) in [5.41, 5.74) is 4.37. The maximum absolute atomic E-state index is 13.0. The molecule has 1 aliphatic heterocycles. The predicted molar refractivity (Wildman–Crippen MR) is 114 cm³/mol. The summed E-state index contributed by atoms with van der Waals surface area (Å²) < 4.78 is 0. The van der Waals surface area contributed by atoms with Crippen LogP contribution in [-0.2, 0) is 4.79 Å². The standard InChI is InChI=1S/C24H24N4O/c29-24(21-15-20(21)18-7-3-1-4-8-18)28-13-11-27(12-14-28)22-16-25-17-26-23(22)19-9-5-2-6-10-19/h1-10,16-17,20-21H,11-15H2/t20-,21+/m1/s1. The van der Waals surface area contributed by atoms with E-state index in [9.17, 15) is 4.79 Å². The zero-order valence-corrected chi connectivity index (χ0v) is 16.3. The number of hydrogen-bond donors (Lipinski definition) is 0. The zero-order chi connectivity index (χ0) is 19.6. The van der Waals surface area contributed by atoms with Crippen LogP contribution in [0.3, 0.4) is 0 Å². The minimum atomic E-state index is 0.156. The third-order valence-electron chi connectivity index (χ3n) is 6.01. The molecule has 2 aliphatic rings. The van der Waals surface area contributed by atoms with Crippen LogP contribution in [0.15, 0.2) is 73.2 Å². The van der Waals surface area contributed by atoms with E-state index in [0.717, 1.165) is 49.5 Å². The van der Waals surface area contributed by atoms with Gasteiger partial charge in [-0.1, -0.05) is 60.7 Å². The average molecular weight is 384 g/mol. The molecule has 0 radical (unpaired) electrons. The van der Waals surface area contributed by atoms with Crippen molar-refractivity contribution in [1.29, 1.82) is 0 Å². The van der Waals surface area contributed by atoms with E-state index in [1.54, 1.807) is 6.33 Å². The first-order chi connectivity index (χ1) is 14.3. The number of anilines is 1. The van der Waals surface area contributed by atoms with E-state index < -0.39 is 0 Å². The number of hydrogen-bond acceptors (Lipinski definition) is 4. The lowest BCUT2D eigenvalue weighted by Crippen LogP contribution is -2.49. The Morgan fingerprint density at radius 3 is 2.31 bits per heavy atom. The van der Waals surface area contributed by atoms with Crippen molar-refractivity contribution in [1.82, 2.24) is 14.9 Å². The van der Waals surface area contributed by atoms with Gasteiger partial charge in [0.05, 0.1) is 17.6 Å². The van der Waals surface area contributed by atoms with E-state index >= 15 is 0 Å². The van der Waals surface area contributed by atoms with Crippen LogP contribution in [0.5, 0.6) is 0 Å². The molecule has 2 heterocycles. The second-order valence-corrected chi connectivity index (χ2v) is 7.79. The first kappa shape index (κ1) is 17.9. The summed E-state index contributed by atoms with van der Waals surface area (Å²) in [6, 6.07) is 20.6. The zero-order valence-electron chi connectivity index (χ0n) is 16.3. The number of aromatic nitrogens is 2. The van der Waals surface area contributed by atoms with E-state index in [1.165, 1.54) is 5.56 Å². The SMILES string of the molecule is O=C([C@H]1C[C@@H]1c1ccccc1)N1CCN(c2cncnc2-c2ccccc2)CC1. The molecule has 1 aliphatic carbocycles. The third kappa shape index (κ3) is 3.60. The van der Waals surface area contributed by atoms with Crippen LogP contribution >= 0.6 is 0 Å². The van der Waals surface area contributed by atoms with Gasteiger partial charge in [-0.05, 0) is 17.9 Å². The molecule has 3 aromatic rings. The first-order valence-electron chi connectivity index (χ1n) is 10.3. The van der Waals surface area contributed by atoms with E-state index in [-0.39, 0.29) is 5.92 Å². The van der Waals surface area contributed by atoms with Crippen molar-refractivity contribution in [2.45, 2.75) is 12.3 Å². The van der Waals surface area contributed by atoms with E-state index in [2.05, 4.69) is 51.3 Å². The van der Waals surface area contributed by atoms with Crippen LogP contribution in [0.2, 0.25) is 0 Å². The van der Waals surface area contributed by atoms with E-state index in [0.29, 0.717) is 11.8 Å². The van der Waals surface area contributed by atoms with Gasteiger partial charge in [0.15, 0.2) is 0 Å². The third-order valence-corrected chi connectivity index (χ3v) is 6.01. The molecule has 5 heteroatoms. The summed E-state index contributed by atoms with van der Waals surface area (Å²) in [6.45, 7) is 3.11. The van der Waals surface area contributed by atoms with Crippen molar-refractivity contribution >= 4 is 11.6 Å². The van der Waals surface area contributed by atoms with Crippen molar-refractivity contribution in [2.24, 2.45) is 5.92 Å². The summed E-state index contributed by atoms with van der Waals surface area (Å²) in [5, 5.41) is 0. The van der Waals surface area contributed by atoms with Crippen LogP contribution in [0, 0.1) is 5.92 Å². The fourth-order valence-corrected chi connectivity index (χ4v) is 4.31. The lowest BCUT2D eigenvalue weighted by molar-refractivity contribution is -0.132. The van der Waals surface area contributed by atoms with Gasteiger partial charge in [0.1, 0.15) is 6.33 Å². The average Bonchev–Trinajstić information content (AvgIpc) is 3.61. The molecule has 2 atom stereocenters. The molecule has 5 rings (SSSR count). The molecule has 0 spiro atoms. The minimum Gasteiger partial charge on any atom is -0.365 e. The lowest BCUT2D eigenvalue weighted by Gasteiger charge is -2.36. The van der Waals surface area contributed by atoms with Gasteiger partial charge in [0.25, 0.3) is 0 Å². The van der Waals surface area contributed by atoms with Gasteiger partial charge in [0.2, 0.25) is 5.91 Å². The lowest BCUT2D eigenvalue weighted by atomic mass is 10.1. The Labute approximate surface area is 171 Å². The maximum Gasteiger partial charge on any atom is 0.226 e. The summed E-state index contributed by atoms with van der Waals surface area (Å²) in [6.07, 6.45) is 4.47. The summed E-state index contributed by atoms with van der Waals surface area (Å²) >= 11 is 0. The Kier molecular flexibility index (Phi) is 4.72. The second-order valence-electron chi connectivity index (χ2n) is 7.79. The highest BCUT2D eigenvalue weighted by Crippen LogP contribution is 2.48. The quantitative estimate of drug-likeness (QED) is 0.690. The highest BCUT2D eigenvalue weighted by atomic mass is 16.2. The van der Waals surface area contributed by atoms with Gasteiger partial charge < -0.3 is 9.80 Å². The normalized spacial score (nSPS) is 21.1. The number of amides is 1. The van der Waals surface area contributed by atoms with E-state index in [4.69, 9.17) is 0 Å². The molecule has 0 bridgehead atoms. The van der Waals surface area contributed by atoms with Crippen LogP contribution < -0.4 is 4.90 Å². The number of piperazine rings is 1. The fraction of sp³-hybridized carbons (Fsp3) is 0.292. The minimum absolute atomic E-state index is 0.156. The number of carbonyl (C=O) groups is 1. The molecule has 1 saturated heterocycles. The van der Waals surface area contributed by atoms with Crippen LogP contribution in [-0.4, -0.2) is 47.0 Å². The van der Waals surface area contributed by atoms with Crippen molar-refractivity contribution in [3.8, 4) is 11.3 Å². The summed E-state index contributed by atoms with van der Waals surface area (Å²) in [4.78, 5) is 26.1. The van der Waals surface area contributed by atoms with E-state index in [1.807, 2.05) is 35.4 Å². The Balaban J connectivity index is 1.25. The molecule has 1 saturated carbocycles. The van der Waals surface area contributed by atoms with Crippen molar-refractivity contribution in [3.63, 3.8) is 0 Å². The molecule has 2 aromatic carbocycles. The highest BCUT2D eigenvalue weighted by molar-refractivity contribution is 5.83. The Morgan fingerprint density at radius 2 is 1.59 bits per heavy atom. The van der Waals surface area contributed by atoms with Gasteiger partial charge >= 0.3 is 0 Å². The molecule has 146 valence electrons.